The van der Waals surface area contributed by atoms with E-state index in [2.05, 4.69) is 37.5 Å². The normalized spacial score (nSPS) is 11.6. The van der Waals surface area contributed by atoms with E-state index >= 15 is 0 Å². The van der Waals surface area contributed by atoms with Crippen LogP contribution in [-0.2, 0) is 28.4 Å². The van der Waals surface area contributed by atoms with Crippen molar-refractivity contribution in [2.75, 3.05) is 0 Å². The third kappa shape index (κ3) is 11.4. The molecule has 0 atom stereocenters. The van der Waals surface area contributed by atoms with Crippen molar-refractivity contribution in [1.82, 2.24) is 0 Å². The second-order valence-corrected chi connectivity index (χ2v) is 4.51. The van der Waals surface area contributed by atoms with E-state index < -0.39 is 0 Å². The molecule has 0 heterocycles. The summed E-state index contributed by atoms with van der Waals surface area (Å²) in [5.41, 5.74) is 0. The molecule has 2 nitrogen and oxygen atoms in total. The smallest absolute Gasteiger partial charge is 0.230 e. The minimum Gasteiger partial charge on any atom is -0.416 e. The molecule has 0 fully saturated rings. The molecule has 0 aliphatic rings. The Morgan fingerprint density at radius 3 is 2.25 bits per heavy atom. The molecule has 12 heavy (non-hydrogen) atoms. The summed E-state index contributed by atoms with van der Waals surface area (Å²) >= 11 is 12.8. The monoisotopic (exact) mass is 294 g/mol. The summed E-state index contributed by atoms with van der Waals surface area (Å²) in [6, 6.07) is 0. The van der Waals surface area contributed by atoms with Gasteiger partial charge in [0.1, 0.15) is 0 Å². The zero-order valence-corrected chi connectivity index (χ0v) is 13.3. The molecule has 7 heteroatoms. The Morgan fingerprint density at radius 2 is 1.92 bits per heavy atom. The van der Waals surface area contributed by atoms with Gasteiger partial charge in [-0.2, -0.15) is 0 Å². The summed E-state index contributed by atoms with van der Waals surface area (Å²) in [5, 5.41) is 0. The van der Waals surface area contributed by atoms with Crippen molar-refractivity contribution < 1.29 is 28.4 Å². The maximum absolute atomic E-state index is 5.15. The number of rotatable bonds is 2. The van der Waals surface area contributed by atoms with Gasteiger partial charge in [0, 0.05) is 31.1 Å². The van der Waals surface area contributed by atoms with Crippen molar-refractivity contribution in [2.45, 2.75) is 20.0 Å². The first-order chi connectivity index (χ1) is 5.02. The van der Waals surface area contributed by atoms with Gasteiger partial charge in [0.25, 0.3) is 0 Å². The third-order valence-electron chi connectivity index (χ3n) is 0.543. The van der Waals surface area contributed by atoms with Crippen LogP contribution in [0.3, 0.4) is 0 Å². The first-order valence-corrected chi connectivity index (χ1v) is 4.97. The summed E-state index contributed by atoms with van der Waals surface area (Å²) < 4.78 is 10.7. The SMILES string of the molecule is CC(C)OC(S)=[SH]OC(=S)S.[Zn]. The molecule has 68 valence electrons. The van der Waals surface area contributed by atoms with Gasteiger partial charge >= 0.3 is 0 Å². The molecular formula is C5H10O2S4Zn. The first kappa shape index (κ1) is 15.8. The van der Waals surface area contributed by atoms with E-state index in [4.69, 9.17) is 8.92 Å². The predicted octanol–water partition coefficient (Wildman–Crippen LogP) is 2.04. The number of hydrogen-bond donors (Lipinski definition) is 3. The summed E-state index contributed by atoms with van der Waals surface area (Å²) in [6.07, 6.45) is 0.104. The van der Waals surface area contributed by atoms with Gasteiger partial charge < -0.3 is 8.92 Å². The van der Waals surface area contributed by atoms with E-state index in [-0.39, 0.29) is 30.0 Å². The van der Waals surface area contributed by atoms with Crippen LogP contribution in [0.4, 0.5) is 0 Å². The van der Waals surface area contributed by atoms with Crippen LogP contribution in [0.15, 0.2) is 0 Å². The zero-order chi connectivity index (χ0) is 8.85. The summed E-state index contributed by atoms with van der Waals surface area (Å²) in [4.78, 5) is 0. The molecule has 0 rings (SSSR count). The summed E-state index contributed by atoms with van der Waals surface area (Å²) in [7, 11) is 0. The molecule has 0 aromatic heterocycles. The van der Waals surface area contributed by atoms with Gasteiger partial charge in [-0.3, -0.25) is 0 Å². The van der Waals surface area contributed by atoms with E-state index in [1.807, 2.05) is 13.8 Å². The van der Waals surface area contributed by atoms with Crippen LogP contribution >= 0.6 is 49.1 Å². The molecule has 0 radical (unpaired) electrons. The standard InChI is InChI=1S/C5H10O2S4.Zn/c1-3(2)6-5(10)11-7-4(8)9;/h3,10-11H,1-2H3,(H,8,9);. The van der Waals surface area contributed by atoms with Gasteiger partial charge in [0.15, 0.2) is 4.38 Å². The van der Waals surface area contributed by atoms with Gasteiger partial charge in [-0.15, -0.1) is 12.6 Å². The van der Waals surface area contributed by atoms with Crippen LogP contribution in [-0.4, -0.2) is 14.9 Å². The average molecular weight is 296 g/mol. The van der Waals surface area contributed by atoms with Gasteiger partial charge in [-0.1, -0.05) is 12.6 Å². The summed E-state index contributed by atoms with van der Waals surface area (Å²) in [6.45, 7) is 3.81. The average Bonchev–Trinajstić information content (AvgIpc) is 1.82. The molecule has 0 aromatic rings. The van der Waals surface area contributed by atoms with E-state index in [1.54, 1.807) is 0 Å². The first-order valence-electron chi connectivity index (χ1n) is 2.86. The molecule has 0 saturated heterocycles. The third-order valence-corrected chi connectivity index (χ3v) is 1.87. The van der Waals surface area contributed by atoms with Crippen molar-refractivity contribution >= 4 is 57.9 Å². The molecule has 0 amide bonds. The Hall–Kier alpha value is 1.39. The Kier molecular flexibility index (Phi) is 11.8. The van der Waals surface area contributed by atoms with E-state index in [0.717, 1.165) is 0 Å². The van der Waals surface area contributed by atoms with E-state index in [0.29, 0.717) is 16.0 Å². The quantitative estimate of drug-likeness (QED) is 0.412. The fraction of sp³-hybridized carbons (Fsp3) is 0.600. The minimum atomic E-state index is 0. The Morgan fingerprint density at radius 1 is 1.42 bits per heavy atom. The van der Waals surface area contributed by atoms with E-state index in [9.17, 15) is 0 Å². The van der Waals surface area contributed by atoms with Crippen molar-refractivity contribution in [3.63, 3.8) is 0 Å². The predicted molar refractivity (Wildman–Crippen MR) is 61.9 cm³/mol. The number of hydrogen-bond acceptors (Lipinski definition) is 3. The molecular weight excluding hydrogens is 286 g/mol. The minimum absolute atomic E-state index is 0. The van der Waals surface area contributed by atoms with Crippen LogP contribution in [0, 0.1) is 0 Å². The Balaban J connectivity index is 0. The van der Waals surface area contributed by atoms with Crippen molar-refractivity contribution in [3.8, 4) is 0 Å². The second-order valence-electron chi connectivity index (χ2n) is 1.90. The topological polar surface area (TPSA) is 18.5 Å². The Labute approximate surface area is 106 Å². The van der Waals surface area contributed by atoms with Crippen LogP contribution in [0.2, 0.25) is 0 Å². The largest absolute Gasteiger partial charge is 0.416 e. The molecule has 0 N–H and O–H groups in total. The second kappa shape index (κ2) is 8.97. The molecule has 0 bridgehead atoms. The fourth-order valence-corrected chi connectivity index (χ4v) is 1.29. The van der Waals surface area contributed by atoms with Crippen molar-refractivity contribution in [2.24, 2.45) is 0 Å². The van der Waals surface area contributed by atoms with Crippen LogP contribution in [0.5, 0.6) is 0 Å². The van der Waals surface area contributed by atoms with Gasteiger partial charge in [-0.25, -0.2) is 0 Å². The van der Waals surface area contributed by atoms with Gasteiger partial charge in [-0.05, 0) is 26.1 Å². The number of thiocarbonyl (C=S) groups is 1. The maximum atomic E-state index is 5.15. The number of thiol groups is 3. The molecule has 0 unspecified atom stereocenters. The maximum Gasteiger partial charge on any atom is 0.230 e. The van der Waals surface area contributed by atoms with Gasteiger partial charge in [0.2, 0.25) is 4.38 Å². The molecule has 0 aromatic carbocycles. The van der Waals surface area contributed by atoms with Crippen molar-refractivity contribution in [3.05, 3.63) is 0 Å². The molecule has 0 aliphatic carbocycles. The number of ether oxygens (including phenoxy) is 1. The molecule has 0 aliphatic heterocycles. The van der Waals surface area contributed by atoms with Crippen LogP contribution in [0.25, 0.3) is 0 Å². The van der Waals surface area contributed by atoms with Crippen LogP contribution in [0.1, 0.15) is 13.8 Å². The fourth-order valence-electron chi connectivity index (χ4n) is 0.310. The zero-order valence-electron chi connectivity index (χ0n) is 6.85. The summed E-state index contributed by atoms with van der Waals surface area (Å²) in [5.74, 6) is 0. The van der Waals surface area contributed by atoms with Crippen LogP contribution < -0.4 is 0 Å². The van der Waals surface area contributed by atoms with Crippen molar-refractivity contribution in [1.29, 1.82) is 0 Å². The van der Waals surface area contributed by atoms with Gasteiger partial charge in [0.05, 0.1) is 6.10 Å². The molecule has 0 spiro atoms. The van der Waals surface area contributed by atoms with E-state index in [1.165, 1.54) is 0 Å². The molecule has 0 saturated carbocycles. The Bertz CT molecular complexity index is 171.